The number of aldehydes is 1. The first-order valence-electron chi connectivity index (χ1n) is 16.4. The van der Waals surface area contributed by atoms with E-state index in [-0.39, 0.29) is 72.4 Å². The number of hydrogen-bond donors (Lipinski definition) is 9. The fraction of sp³-hybridized carbons (Fsp3) is 0.630. The van der Waals surface area contributed by atoms with Gasteiger partial charge in [0.2, 0.25) is 11.8 Å². The van der Waals surface area contributed by atoms with Gasteiger partial charge in [0, 0.05) is 43.5 Å². The molecule has 0 saturated carbocycles. The van der Waals surface area contributed by atoms with E-state index in [1.165, 1.54) is 13.8 Å². The van der Waals surface area contributed by atoms with Crippen molar-refractivity contribution in [1.82, 2.24) is 30.2 Å². The first kappa shape index (κ1) is 48.3. The lowest BCUT2D eigenvalue weighted by Gasteiger charge is -2.30. The van der Waals surface area contributed by atoms with Gasteiger partial charge >= 0.3 is 23.5 Å². The van der Waals surface area contributed by atoms with Gasteiger partial charge in [0.1, 0.15) is 48.3 Å². The molecule has 320 valence electrons. The summed E-state index contributed by atoms with van der Waals surface area (Å²) in [6, 6.07) is 0. The zero-order valence-electron chi connectivity index (χ0n) is 30.1. The molecule has 2 aromatic heterocycles. The molecule has 57 heavy (non-hydrogen) atoms. The van der Waals surface area contributed by atoms with Gasteiger partial charge in [0.25, 0.3) is 0 Å². The molecule has 0 aliphatic carbocycles. The van der Waals surface area contributed by atoms with Crippen LogP contribution in [0.15, 0.2) is 12.7 Å². The van der Waals surface area contributed by atoms with Crippen LogP contribution >= 0.6 is 35.2 Å². The van der Waals surface area contributed by atoms with Gasteiger partial charge in [-0.1, -0.05) is 25.6 Å². The predicted molar refractivity (Wildman–Crippen MR) is 192 cm³/mol. The van der Waals surface area contributed by atoms with Gasteiger partial charge in [-0.25, -0.2) is 28.6 Å². The number of rotatable bonds is 24. The van der Waals surface area contributed by atoms with E-state index in [2.05, 4.69) is 34.4 Å². The molecule has 2 amide bonds. The second-order valence-electron chi connectivity index (χ2n) is 12.7. The highest BCUT2D eigenvalue weighted by Crippen LogP contribution is 2.61. The van der Waals surface area contributed by atoms with Gasteiger partial charge in [-0.05, 0) is 0 Å². The van der Waals surface area contributed by atoms with Crippen molar-refractivity contribution in [3.63, 3.8) is 0 Å². The zero-order valence-corrected chi connectivity index (χ0v) is 33.6. The number of amides is 2. The largest absolute Gasteiger partial charge is 0.481 e. The summed E-state index contributed by atoms with van der Waals surface area (Å²) in [6.07, 6.45) is -7.01. The maximum Gasteiger partial charge on any atom is 0.481 e. The molecule has 30 heteroatoms. The molecule has 0 radical (unpaired) electrons. The van der Waals surface area contributed by atoms with Crippen molar-refractivity contribution in [2.75, 3.05) is 37.8 Å². The van der Waals surface area contributed by atoms with Crippen LogP contribution in [0.2, 0.25) is 0 Å². The summed E-state index contributed by atoms with van der Waals surface area (Å²) in [5.41, 5.74) is 4.20. The third-order valence-electron chi connectivity index (χ3n) is 7.68. The van der Waals surface area contributed by atoms with Crippen molar-refractivity contribution in [3.8, 4) is 0 Å². The van der Waals surface area contributed by atoms with Crippen molar-refractivity contribution in [2.45, 2.75) is 70.2 Å². The van der Waals surface area contributed by atoms with E-state index in [1.54, 1.807) is 0 Å². The minimum Gasteiger partial charge on any atom is -0.386 e. The fourth-order valence-corrected chi connectivity index (χ4v) is 8.31. The van der Waals surface area contributed by atoms with Crippen molar-refractivity contribution < 1.29 is 90.1 Å². The Morgan fingerprint density at radius 2 is 1.72 bits per heavy atom. The maximum absolute atomic E-state index is 12.7. The molecule has 0 aromatic carbocycles. The van der Waals surface area contributed by atoms with E-state index >= 15 is 0 Å². The number of aliphatic hydroxyl groups is 2. The van der Waals surface area contributed by atoms with Crippen LogP contribution in [0.5, 0.6) is 0 Å². The summed E-state index contributed by atoms with van der Waals surface area (Å²) < 4.78 is 62.0. The lowest BCUT2D eigenvalue weighted by molar-refractivity contribution is -0.137. The Labute approximate surface area is 327 Å². The molecule has 3 rings (SSSR count). The molecule has 2 aromatic rings. The van der Waals surface area contributed by atoms with Crippen LogP contribution in [0, 0.1) is 5.41 Å². The van der Waals surface area contributed by atoms with E-state index in [4.69, 9.17) is 19.5 Å². The smallest absolute Gasteiger partial charge is 0.386 e. The van der Waals surface area contributed by atoms with Crippen LogP contribution in [0.4, 0.5) is 5.82 Å². The van der Waals surface area contributed by atoms with Gasteiger partial charge in [-0.15, -0.1) is 0 Å². The zero-order chi connectivity index (χ0) is 42.8. The number of nitrogens with zero attached hydrogens (tertiary/aromatic N) is 4. The highest BCUT2D eigenvalue weighted by molar-refractivity contribution is 8.13. The molecule has 1 aliphatic heterocycles. The molecular weight excluding hydrogens is 851 g/mol. The van der Waals surface area contributed by atoms with Gasteiger partial charge < -0.3 is 55.7 Å². The summed E-state index contributed by atoms with van der Waals surface area (Å²) in [5.74, 6) is -1.74. The molecule has 7 atom stereocenters. The average Bonchev–Trinajstić information content (AvgIpc) is 3.67. The van der Waals surface area contributed by atoms with Crippen LogP contribution in [0.1, 0.15) is 45.8 Å². The number of aromatic nitrogens is 4. The number of carbonyl (C=O) groups excluding carboxylic acids is 5. The van der Waals surface area contributed by atoms with Crippen LogP contribution in [0.25, 0.3) is 11.2 Å². The maximum atomic E-state index is 12.7. The molecule has 0 spiro atoms. The molecular formula is C27H42N7O19P3S. The van der Waals surface area contributed by atoms with E-state index < -0.39 is 84.6 Å². The number of carbonyl (C=O) groups is 5. The van der Waals surface area contributed by atoms with Crippen LogP contribution in [-0.4, -0.2) is 135 Å². The fourth-order valence-electron chi connectivity index (χ4n) is 4.80. The second kappa shape index (κ2) is 20.7. The second-order valence-corrected chi connectivity index (χ2v) is 18.1. The number of ether oxygens (including phenoxy) is 1. The Kier molecular flexibility index (Phi) is 17.6. The van der Waals surface area contributed by atoms with Crippen molar-refractivity contribution in [2.24, 2.45) is 5.41 Å². The van der Waals surface area contributed by atoms with Crippen molar-refractivity contribution in [1.29, 1.82) is 0 Å². The number of thioether (sulfide) groups is 1. The SMILES string of the molecule is CC(C)(COP(=O)(O)OP(=O)(O)OC[C@H]1O[C@@H](n2cnc3c(N)ncnc32)[C@H](O)[C@@H]1OP(=O)(O)O)C(O)C(=O)NCCC(=O)NCCSC(=O)CCC(=O)CC=O. The molecule has 10 N–H and O–H groups in total. The number of hydrogen-bond acceptors (Lipinski definition) is 20. The third-order valence-corrected chi connectivity index (χ3v) is 11.7. The molecule has 3 unspecified atom stereocenters. The summed E-state index contributed by atoms with van der Waals surface area (Å²) in [7, 11) is -16.4. The Bertz CT molecular complexity index is 1910. The van der Waals surface area contributed by atoms with Crippen LogP contribution < -0.4 is 16.4 Å². The minimum atomic E-state index is -5.59. The average molecular weight is 894 g/mol. The van der Waals surface area contributed by atoms with Crippen molar-refractivity contribution >= 4 is 81.2 Å². The standard InChI is InChI=1S/C27H42N7O19P3S/c1-27(2,22(40)25(41)30-7-5-17(37)29-8-10-57-18(38)4-3-15(36)6-9-35)12-50-56(47,48)53-55(45,46)49-11-16-21(52-54(42,43)44)20(39)26(51-16)34-14-33-19-23(28)31-13-32-24(19)34/h9,13-14,16,20-22,26,39-40H,3-8,10-12H2,1-2H3,(H,29,37)(H,30,41)(H,45,46)(H,47,48)(H2,28,31,32)(H2,42,43,44)/t16-,20-,21-,22?,26-/m1/s1. The van der Waals surface area contributed by atoms with Crippen LogP contribution in [0.3, 0.4) is 0 Å². The number of Topliss-reactive ketones (excluding diaryl/α,β-unsaturated/α-hetero) is 1. The Morgan fingerprint density at radius 3 is 2.39 bits per heavy atom. The minimum absolute atomic E-state index is 0.0191. The number of fused-ring (bicyclic) bond motifs is 1. The first-order chi connectivity index (χ1) is 26.4. The number of nitrogens with two attached hydrogens (primary N) is 1. The summed E-state index contributed by atoms with van der Waals surface area (Å²) in [6.45, 7) is 0.223. The number of aliphatic hydroxyl groups excluding tert-OH is 2. The normalized spacial score (nSPS) is 21.3. The lowest BCUT2D eigenvalue weighted by atomic mass is 9.87. The highest BCUT2D eigenvalue weighted by atomic mass is 32.2. The monoisotopic (exact) mass is 893 g/mol. The van der Waals surface area contributed by atoms with Crippen molar-refractivity contribution in [3.05, 3.63) is 12.7 Å². The topological polar surface area (TPSA) is 398 Å². The number of anilines is 1. The van der Waals surface area contributed by atoms with Gasteiger partial charge in [-0.2, -0.15) is 4.31 Å². The lowest BCUT2D eigenvalue weighted by Crippen LogP contribution is -2.46. The van der Waals surface area contributed by atoms with E-state index in [9.17, 15) is 67.5 Å². The first-order valence-corrected chi connectivity index (χ1v) is 22.0. The number of phosphoric ester groups is 3. The highest BCUT2D eigenvalue weighted by Gasteiger charge is 2.50. The van der Waals surface area contributed by atoms with Gasteiger partial charge in [0.15, 0.2) is 22.8 Å². The Balaban J connectivity index is 1.46. The Morgan fingerprint density at radius 1 is 1.04 bits per heavy atom. The number of nitrogens with one attached hydrogen (secondary N) is 2. The van der Waals surface area contributed by atoms with E-state index in [1.807, 2.05) is 0 Å². The van der Waals surface area contributed by atoms with Gasteiger partial charge in [-0.3, -0.25) is 37.3 Å². The summed E-state index contributed by atoms with van der Waals surface area (Å²) in [4.78, 5) is 109. The molecule has 3 heterocycles. The molecule has 1 saturated heterocycles. The number of nitrogen functional groups attached to an aromatic ring is 1. The molecule has 0 bridgehead atoms. The number of ketones is 1. The quantitative estimate of drug-likeness (QED) is 0.0253. The molecule has 1 aliphatic rings. The third kappa shape index (κ3) is 15.2. The van der Waals surface area contributed by atoms with E-state index in [0.29, 0.717) is 6.29 Å². The van der Waals surface area contributed by atoms with Gasteiger partial charge in [0.05, 0.1) is 26.0 Å². The molecule has 1 fully saturated rings. The van der Waals surface area contributed by atoms with E-state index in [0.717, 1.165) is 29.0 Å². The summed E-state index contributed by atoms with van der Waals surface area (Å²) >= 11 is 0.890. The summed E-state index contributed by atoms with van der Waals surface area (Å²) in [5, 5.41) is 25.9. The molecule has 26 nitrogen and oxygen atoms in total. The predicted octanol–water partition coefficient (Wildman–Crippen LogP) is -1.40. The Hall–Kier alpha value is -3.10. The number of imidazole rings is 1. The number of phosphoric acid groups is 3. The van der Waals surface area contributed by atoms with Crippen LogP contribution in [-0.2, 0) is 60.3 Å².